The Kier molecular flexibility index (Phi) is 5.96. The molecular formula is C15H13F3N6O3. The Balaban J connectivity index is 2.02. The molecule has 0 fully saturated rings. The number of amides is 2. The molecule has 0 saturated carbocycles. The number of hydrogen-bond acceptors (Lipinski definition) is 5. The monoisotopic (exact) mass is 382 g/mol. The van der Waals surface area contributed by atoms with Crippen molar-refractivity contribution < 1.29 is 27.9 Å². The summed E-state index contributed by atoms with van der Waals surface area (Å²) in [5, 5.41) is 29.4. The van der Waals surface area contributed by atoms with E-state index in [0.29, 0.717) is 0 Å². The predicted octanol–water partition coefficient (Wildman–Crippen LogP) is 1.56. The summed E-state index contributed by atoms with van der Waals surface area (Å²) in [7, 11) is 0. The third-order valence-corrected chi connectivity index (χ3v) is 3.36. The van der Waals surface area contributed by atoms with Gasteiger partial charge in [0.15, 0.2) is 5.69 Å². The molecular weight excluding hydrogens is 369 g/mol. The van der Waals surface area contributed by atoms with E-state index < -0.39 is 29.8 Å². The van der Waals surface area contributed by atoms with Crippen LogP contribution in [0.15, 0.2) is 30.5 Å². The molecule has 0 saturated heterocycles. The lowest BCUT2D eigenvalue weighted by Gasteiger charge is -2.12. The van der Waals surface area contributed by atoms with Crippen LogP contribution < -0.4 is 10.6 Å². The van der Waals surface area contributed by atoms with Crippen LogP contribution >= 0.6 is 0 Å². The van der Waals surface area contributed by atoms with Crippen molar-refractivity contribution in [3.05, 3.63) is 47.3 Å². The van der Waals surface area contributed by atoms with E-state index in [1.54, 1.807) is 6.07 Å². The van der Waals surface area contributed by atoms with Crippen LogP contribution in [0, 0.1) is 11.3 Å². The maximum Gasteiger partial charge on any atom is 0.416 e. The van der Waals surface area contributed by atoms with E-state index in [1.807, 2.05) is 0 Å². The molecule has 3 N–H and O–H groups in total. The number of hydrogen-bond donors (Lipinski definition) is 3. The Morgan fingerprint density at radius 3 is 2.52 bits per heavy atom. The summed E-state index contributed by atoms with van der Waals surface area (Å²) in [5.74, 6) is -0.751. The molecule has 1 aromatic carbocycles. The summed E-state index contributed by atoms with van der Waals surface area (Å²) in [5.41, 5.74) is -0.818. The third-order valence-electron chi connectivity index (χ3n) is 3.36. The summed E-state index contributed by atoms with van der Waals surface area (Å²) >= 11 is 0. The van der Waals surface area contributed by atoms with Gasteiger partial charge in [0.25, 0.3) is 5.91 Å². The molecule has 12 heteroatoms. The Labute approximate surface area is 150 Å². The number of aromatic nitrogens is 3. The molecule has 2 rings (SSSR count). The van der Waals surface area contributed by atoms with Crippen molar-refractivity contribution in [2.24, 2.45) is 0 Å². The van der Waals surface area contributed by atoms with Crippen LogP contribution in [0.5, 0.6) is 0 Å². The van der Waals surface area contributed by atoms with Gasteiger partial charge in [-0.05, 0) is 17.7 Å². The standard InChI is InChI=1S/C15H13F3N6O3/c16-15(17,18)10-3-1-9(2-4-10)11(7-19)21-13(25)12-8-24(23-22-12)6-5-20-14(26)27/h1-4,8,11,20H,5-6H2,(H,21,25)(H,26,27). The van der Waals surface area contributed by atoms with E-state index in [2.05, 4.69) is 20.9 Å². The summed E-state index contributed by atoms with van der Waals surface area (Å²) in [4.78, 5) is 22.5. The molecule has 1 atom stereocenters. The summed E-state index contributed by atoms with van der Waals surface area (Å²) in [6.45, 7) is 0.180. The van der Waals surface area contributed by atoms with Gasteiger partial charge in [-0.3, -0.25) is 4.79 Å². The van der Waals surface area contributed by atoms with E-state index in [1.165, 1.54) is 10.9 Å². The van der Waals surface area contributed by atoms with Crippen LogP contribution in [0.2, 0.25) is 0 Å². The number of benzene rings is 1. The highest BCUT2D eigenvalue weighted by Crippen LogP contribution is 2.29. The highest BCUT2D eigenvalue weighted by molar-refractivity contribution is 5.92. The van der Waals surface area contributed by atoms with Crippen LogP contribution in [0.4, 0.5) is 18.0 Å². The molecule has 27 heavy (non-hydrogen) atoms. The Bertz CT molecular complexity index is 857. The first kappa shape index (κ1) is 19.7. The molecule has 142 valence electrons. The third kappa shape index (κ3) is 5.43. The maximum absolute atomic E-state index is 12.6. The molecule has 9 nitrogen and oxygen atoms in total. The Morgan fingerprint density at radius 2 is 1.96 bits per heavy atom. The van der Waals surface area contributed by atoms with E-state index in [0.717, 1.165) is 24.3 Å². The van der Waals surface area contributed by atoms with E-state index >= 15 is 0 Å². The van der Waals surface area contributed by atoms with Gasteiger partial charge in [-0.1, -0.05) is 17.3 Å². The number of nitrogens with zero attached hydrogens (tertiary/aromatic N) is 4. The minimum atomic E-state index is -4.50. The molecule has 0 bridgehead atoms. The molecule has 2 amide bonds. The molecule has 2 aromatic rings. The van der Waals surface area contributed by atoms with Crippen LogP contribution in [0.3, 0.4) is 0 Å². The number of carbonyl (C=O) groups is 2. The number of alkyl halides is 3. The molecule has 0 radical (unpaired) electrons. The van der Waals surface area contributed by atoms with Gasteiger partial charge in [0.05, 0.1) is 24.4 Å². The first-order chi connectivity index (χ1) is 12.7. The summed E-state index contributed by atoms with van der Waals surface area (Å²) in [6, 6.07) is 4.44. The van der Waals surface area contributed by atoms with Crippen molar-refractivity contribution in [2.45, 2.75) is 18.8 Å². The van der Waals surface area contributed by atoms with Crippen molar-refractivity contribution >= 4 is 12.0 Å². The largest absolute Gasteiger partial charge is 0.465 e. The lowest BCUT2D eigenvalue weighted by molar-refractivity contribution is -0.137. The van der Waals surface area contributed by atoms with Crippen LogP contribution in [0.25, 0.3) is 0 Å². The summed E-state index contributed by atoms with van der Waals surface area (Å²) in [6.07, 6.45) is -4.46. The topological polar surface area (TPSA) is 133 Å². The molecule has 1 heterocycles. The van der Waals surface area contributed by atoms with Gasteiger partial charge in [0.2, 0.25) is 0 Å². The van der Waals surface area contributed by atoms with Gasteiger partial charge >= 0.3 is 12.3 Å². The van der Waals surface area contributed by atoms with Gasteiger partial charge in [-0.25, -0.2) is 9.48 Å². The number of halogens is 3. The zero-order chi connectivity index (χ0) is 20.0. The van der Waals surface area contributed by atoms with Crippen molar-refractivity contribution in [3.63, 3.8) is 0 Å². The average molecular weight is 382 g/mol. The van der Waals surface area contributed by atoms with Crippen molar-refractivity contribution in [2.75, 3.05) is 6.54 Å². The SMILES string of the molecule is N#CC(NC(=O)c1cn(CCNC(=O)O)nn1)c1ccc(C(F)(F)F)cc1. The fraction of sp³-hybridized carbons (Fsp3) is 0.267. The second-order valence-electron chi connectivity index (χ2n) is 5.25. The second kappa shape index (κ2) is 8.17. The Hall–Kier alpha value is -3.62. The van der Waals surface area contributed by atoms with Crippen molar-refractivity contribution in [1.82, 2.24) is 25.6 Å². The van der Waals surface area contributed by atoms with E-state index in [-0.39, 0.29) is 24.3 Å². The lowest BCUT2D eigenvalue weighted by Crippen LogP contribution is -2.28. The first-order valence-electron chi connectivity index (χ1n) is 7.45. The van der Waals surface area contributed by atoms with E-state index in [4.69, 9.17) is 5.11 Å². The molecule has 0 aliphatic carbocycles. The van der Waals surface area contributed by atoms with Crippen LogP contribution in [-0.4, -0.2) is 38.6 Å². The Morgan fingerprint density at radius 1 is 1.30 bits per heavy atom. The molecule has 0 aliphatic rings. The highest BCUT2D eigenvalue weighted by Gasteiger charge is 2.30. The number of carboxylic acid groups (broad SMARTS) is 1. The fourth-order valence-corrected chi connectivity index (χ4v) is 2.05. The van der Waals surface area contributed by atoms with Gasteiger partial charge in [-0.2, -0.15) is 18.4 Å². The zero-order valence-corrected chi connectivity index (χ0v) is 13.6. The first-order valence-corrected chi connectivity index (χ1v) is 7.45. The average Bonchev–Trinajstić information content (AvgIpc) is 3.07. The van der Waals surface area contributed by atoms with Gasteiger partial charge in [-0.15, -0.1) is 5.10 Å². The maximum atomic E-state index is 12.6. The van der Waals surface area contributed by atoms with Crippen molar-refractivity contribution in [3.8, 4) is 6.07 Å². The normalized spacial score (nSPS) is 12.1. The fourth-order valence-electron chi connectivity index (χ4n) is 2.05. The minimum absolute atomic E-state index is 0.0477. The van der Waals surface area contributed by atoms with Gasteiger partial charge in [0.1, 0.15) is 6.04 Å². The van der Waals surface area contributed by atoms with Crippen LogP contribution in [0.1, 0.15) is 27.7 Å². The molecule has 0 spiro atoms. The van der Waals surface area contributed by atoms with Gasteiger partial charge < -0.3 is 15.7 Å². The smallest absolute Gasteiger partial charge is 0.416 e. The molecule has 1 aromatic heterocycles. The number of rotatable bonds is 6. The predicted molar refractivity (Wildman–Crippen MR) is 83.3 cm³/mol. The van der Waals surface area contributed by atoms with Crippen molar-refractivity contribution in [1.29, 1.82) is 5.26 Å². The number of carbonyl (C=O) groups excluding carboxylic acids is 1. The van der Waals surface area contributed by atoms with Crippen LogP contribution in [-0.2, 0) is 12.7 Å². The summed E-state index contributed by atoms with van der Waals surface area (Å²) < 4.78 is 39.0. The molecule has 1 unspecified atom stereocenters. The number of nitrogens with one attached hydrogen (secondary N) is 2. The molecule has 0 aliphatic heterocycles. The highest BCUT2D eigenvalue weighted by atomic mass is 19.4. The van der Waals surface area contributed by atoms with E-state index in [9.17, 15) is 28.0 Å². The zero-order valence-electron chi connectivity index (χ0n) is 13.6. The number of nitriles is 1. The van der Waals surface area contributed by atoms with Gasteiger partial charge in [0, 0.05) is 6.54 Å². The minimum Gasteiger partial charge on any atom is -0.465 e. The quantitative estimate of drug-likeness (QED) is 0.694. The lowest BCUT2D eigenvalue weighted by atomic mass is 10.1. The second-order valence-corrected chi connectivity index (χ2v) is 5.25.